The lowest BCUT2D eigenvalue weighted by Gasteiger charge is -2.20. The van der Waals surface area contributed by atoms with Gasteiger partial charge < -0.3 is 36.5 Å². The quantitative estimate of drug-likeness (QED) is 0.0368. The Morgan fingerprint density at radius 3 is 1.82 bits per heavy atom. The Hall–Kier alpha value is -7.96. The lowest BCUT2D eigenvalue weighted by Crippen LogP contribution is -2.32. The number of carbonyl (C=O) groups excluding carboxylic acids is 1. The van der Waals surface area contributed by atoms with Gasteiger partial charge in [0.05, 0.1) is 21.4 Å². The number of nitrogens with zero attached hydrogens (tertiary/aromatic N) is 1. The molecule has 0 spiro atoms. The van der Waals surface area contributed by atoms with Crippen molar-refractivity contribution in [3.63, 3.8) is 0 Å². The number of hydrogen-bond acceptors (Lipinski definition) is 10. The molecule has 0 aliphatic rings. The molecule has 1 atom stereocenters. The molecule has 66 heavy (non-hydrogen) atoms. The van der Waals surface area contributed by atoms with Gasteiger partial charge in [0.15, 0.2) is 0 Å². The van der Waals surface area contributed by atoms with Crippen LogP contribution in [0.4, 0.5) is 26.3 Å². The number of amidine groups is 2. The van der Waals surface area contributed by atoms with Crippen LogP contribution in [0.2, 0.25) is 0 Å². The van der Waals surface area contributed by atoms with Crippen LogP contribution in [0.15, 0.2) is 133 Å². The average Bonchev–Trinajstić information content (AvgIpc) is 3.93. The fourth-order valence-electron chi connectivity index (χ4n) is 5.31. The van der Waals surface area contributed by atoms with Gasteiger partial charge in [-0.05, 0) is 71.1 Å². The van der Waals surface area contributed by atoms with Gasteiger partial charge in [0, 0.05) is 26.9 Å². The summed E-state index contributed by atoms with van der Waals surface area (Å²) in [7, 11) is 0. The highest BCUT2D eigenvalue weighted by Gasteiger charge is 2.39. The monoisotopic (exact) mass is 950 g/mol. The third-order valence-electron chi connectivity index (χ3n) is 8.39. The van der Waals surface area contributed by atoms with Crippen molar-refractivity contribution < 1.29 is 60.4 Å². The maximum atomic E-state index is 13.1. The van der Waals surface area contributed by atoms with Crippen LogP contribution < -0.4 is 26.3 Å². The molecule has 13 nitrogen and oxygen atoms in total. The number of thiophene rings is 2. The van der Waals surface area contributed by atoms with Crippen molar-refractivity contribution in [1.82, 2.24) is 5.32 Å². The molecule has 2 heterocycles. The number of ether oxygens (including phenoxy) is 2. The van der Waals surface area contributed by atoms with E-state index in [1.807, 2.05) is 127 Å². The number of carboxylic acid groups (broad SMARTS) is 2. The van der Waals surface area contributed by atoms with E-state index in [1.165, 1.54) is 22.7 Å². The Labute approximate surface area is 379 Å². The van der Waals surface area contributed by atoms with Crippen LogP contribution in [0.1, 0.15) is 38.1 Å². The second kappa shape index (κ2) is 23.1. The van der Waals surface area contributed by atoms with Gasteiger partial charge in [0.1, 0.15) is 29.8 Å². The fourth-order valence-corrected chi connectivity index (χ4v) is 7.20. The predicted octanol–water partition coefficient (Wildman–Crippen LogP) is 9.52. The Kier molecular flexibility index (Phi) is 17.7. The van der Waals surface area contributed by atoms with Crippen LogP contribution in [-0.4, -0.2) is 52.1 Å². The SMILES string of the molecule is N#Cc1cccc(COc2ccc3cc(C(=N)N)sc3c2)c1.N=C(N)c1cc2c(OC(C(=O)NCc3ccccc3)c3ccccc3)cccc2s1.O=C(O)C(F)(F)F.O=C(O)C(F)(F)F. The van der Waals surface area contributed by atoms with Gasteiger partial charge in [0.2, 0.25) is 6.10 Å². The third-order valence-corrected chi connectivity index (χ3v) is 10.7. The number of hydrogen-bond donors (Lipinski definition) is 7. The summed E-state index contributed by atoms with van der Waals surface area (Å²) >= 11 is 2.90. The van der Waals surface area contributed by atoms with E-state index in [0.717, 1.165) is 47.5 Å². The number of amides is 1. The summed E-state index contributed by atoms with van der Waals surface area (Å²) in [6.45, 7) is 0.829. The number of carbonyl (C=O) groups is 3. The Morgan fingerprint density at radius 2 is 1.24 bits per heavy atom. The van der Waals surface area contributed by atoms with Crippen LogP contribution in [0.3, 0.4) is 0 Å². The van der Waals surface area contributed by atoms with Crippen molar-refractivity contribution >= 4 is 72.4 Å². The molecule has 1 unspecified atom stereocenters. The number of benzene rings is 5. The number of nitrogens with one attached hydrogen (secondary N) is 3. The number of nitriles is 1. The van der Waals surface area contributed by atoms with Crippen molar-refractivity contribution in [2.24, 2.45) is 11.5 Å². The molecule has 0 saturated carbocycles. The molecule has 0 saturated heterocycles. The average molecular weight is 951 g/mol. The van der Waals surface area contributed by atoms with E-state index in [4.69, 9.17) is 56.8 Å². The Balaban J connectivity index is 0.000000230. The first kappa shape index (κ1) is 50.7. The lowest BCUT2D eigenvalue weighted by atomic mass is 10.1. The summed E-state index contributed by atoms with van der Waals surface area (Å²) in [6.07, 6.45) is -11.0. The highest BCUT2D eigenvalue weighted by Crippen LogP contribution is 2.35. The second-order valence-electron chi connectivity index (χ2n) is 13.2. The largest absolute Gasteiger partial charge is 0.490 e. The summed E-state index contributed by atoms with van der Waals surface area (Å²) in [5.74, 6) is -4.30. The topological polar surface area (TPSA) is 246 Å². The fraction of sp³-hybridized carbons (Fsp3) is 0.111. The third kappa shape index (κ3) is 15.4. The molecule has 342 valence electrons. The van der Waals surface area contributed by atoms with E-state index >= 15 is 0 Å². The molecule has 7 aromatic rings. The molecular formula is C45H36F6N6O7S2. The van der Waals surface area contributed by atoms with Crippen LogP contribution in [-0.2, 0) is 27.5 Å². The standard InChI is InChI=1S/C24H21N3O2S.C17H13N3OS.2C2HF3O2/c25-23(26)21-14-18-19(12-7-13-20(18)30-21)29-22(17-10-5-2-6-11-17)24(28)27-15-16-8-3-1-4-9-16;18-9-11-2-1-3-12(6-11)10-21-14-5-4-13-7-16(17(19)20)22-15(13)8-14;2*3-2(4,5)1(6)7/h1-14,22H,15H2,(H3,25,26)(H,27,28);1-8H,10H2,(H3,19,20);2*(H,6,7). The number of nitrogen functional groups attached to an aromatic ring is 2. The molecule has 0 fully saturated rings. The van der Waals surface area contributed by atoms with Gasteiger partial charge in [-0.1, -0.05) is 78.9 Å². The van der Waals surface area contributed by atoms with E-state index in [1.54, 1.807) is 6.07 Å². The zero-order valence-electron chi connectivity index (χ0n) is 33.8. The second-order valence-corrected chi connectivity index (χ2v) is 15.4. The minimum Gasteiger partial charge on any atom is -0.489 e. The molecule has 2 aromatic heterocycles. The number of alkyl halides is 6. The number of rotatable bonds is 11. The molecule has 7 rings (SSSR count). The van der Waals surface area contributed by atoms with Gasteiger partial charge in [-0.15, -0.1) is 22.7 Å². The zero-order chi connectivity index (χ0) is 48.6. The van der Waals surface area contributed by atoms with E-state index < -0.39 is 30.4 Å². The van der Waals surface area contributed by atoms with Gasteiger partial charge in [-0.25, -0.2) is 9.59 Å². The number of aliphatic carboxylic acids is 2. The molecule has 9 N–H and O–H groups in total. The van der Waals surface area contributed by atoms with Crippen molar-refractivity contribution in [2.45, 2.75) is 31.6 Å². The van der Waals surface area contributed by atoms with E-state index in [2.05, 4.69) is 11.4 Å². The van der Waals surface area contributed by atoms with Crippen molar-refractivity contribution in [3.05, 3.63) is 165 Å². The molecule has 1 amide bonds. The number of fused-ring (bicyclic) bond motifs is 2. The maximum absolute atomic E-state index is 13.1. The number of carboxylic acids is 2. The van der Waals surface area contributed by atoms with Gasteiger partial charge in [0.25, 0.3) is 5.91 Å². The van der Waals surface area contributed by atoms with E-state index in [0.29, 0.717) is 29.3 Å². The number of nitrogens with two attached hydrogens (primary N) is 2. The van der Waals surface area contributed by atoms with Crippen molar-refractivity contribution in [3.8, 4) is 17.6 Å². The minimum absolute atomic E-state index is 0.0161. The normalized spacial score (nSPS) is 11.2. The van der Waals surface area contributed by atoms with E-state index in [-0.39, 0.29) is 17.6 Å². The summed E-state index contributed by atoms with van der Waals surface area (Å²) in [4.78, 5) is 32.3. The van der Waals surface area contributed by atoms with Crippen LogP contribution in [0.5, 0.6) is 11.5 Å². The lowest BCUT2D eigenvalue weighted by molar-refractivity contribution is -0.193. The summed E-state index contributed by atoms with van der Waals surface area (Å²) in [6, 6.07) is 43.9. The first-order valence-corrected chi connectivity index (χ1v) is 20.3. The molecule has 21 heteroatoms. The highest BCUT2D eigenvalue weighted by molar-refractivity contribution is 7.21. The van der Waals surface area contributed by atoms with Crippen molar-refractivity contribution in [1.29, 1.82) is 16.1 Å². The molecule has 0 aliphatic heterocycles. The van der Waals surface area contributed by atoms with Crippen LogP contribution in [0, 0.1) is 22.1 Å². The summed E-state index contributed by atoms with van der Waals surface area (Å²) < 4.78 is 77.5. The first-order valence-electron chi connectivity index (χ1n) is 18.7. The molecule has 0 aliphatic carbocycles. The minimum atomic E-state index is -5.08. The van der Waals surface area contributed by atoms with E-state index in [9.17, 15) is 31.1 Å². The maximum Gasteiger partial charge on any atom is 0.490 e. The Bertz CT molecular complexity index is 2820. The highest BCUT2D eigenvalue weighted by atomic mass is 32.1. The smallest absolute Gasteiger partial charge is 0.489 e. The summed E-state index contributed by atoms with van der Waals surface area (Å²) in [5.41, 5.74) is 14.5. The van der Waals surface area contributed by atoms with Crippen LogP contribution in [0.25, 0.3) is 20.2 Å². The number of halogens is 6. The zero-order valence-corrected chi connectivity index (χ0v) is 35.4. The first-order chi connectivity index (χ1) is 31.2. The van der Waals surface area contributed by atoms with Gasteiger partial charge >= 0.3 is 24.3 Å². The van der Waals surface area contributed by atoms with Crippen molar-refractivity contribution in [2.75, 3.05) is 0 Å². The van der Waals surface area contributed by atoms with Crippen LogP contribution >= 0.6 is 22.7 Å². The van der Waals surface area contributed by atoms with Gasteiger partial charge in [-0.2, -0.15) is 31.6 Å². The molecular weight excluding hydrogens is 915 g/mol. The predicted molar refractivity (Wildman–Crippen MR) is 237 cm³/mol. The summed E-state index contributed by atoms with van der Waals surface area (Å²) in [5, 5.41) is 43.2. The molecule has 5 aromatic carbocycles. The Morgan fingerprint density at radius 1 is 0.697 bits per heavy atom. The van der Waals surface area contributed by atoms with Gasteiger partial charge in [-0.3, -0.25) is 15.6 Å². The molecule has 0 bridgehead atoms. The molecule has 0 radical (unpaired) electrons.